The first-order valence-electron chi connectivity index (χ1n) is 7.13. The Balaban J connectivity index is 3.16. The summed E-state index contributed by atoms with van der Waals surface area (Å²) in [7, 11) is -0.619. The molecular weight excluding hydrogens is 397 g/mol. The van der Waals surface area contributed by atoms with Crippen molar-refractivity contribution < 1.29 is 14.1 Å². The van der Waals surface area contributed by atoms with Gasteiger partial charge in [-0.25, -0.2) is 0 Å². The molecule has 0 saturated carbocycles. The first-order chi connectivity index (χ1) is 10.7. The molecule has 132 valence electrons. The second kappa shape index (κ2) is 18.9. The van der Waals surface area contributed by atoms with E-state index in [1.54, 1.807) is 11.8 Å². The average molecular weight is 423 g/mol. The largest absolute Gasteiger partial charge is 0.396 e. The fraction of sp³-hybridized carbons (Fsp3) is 0.923. The maximum atomic E-state index is 11.5. The summed E-state index contributed by atoms with van der Waals surface area (Å²) in [5, 5.41) is 11.7. The molecule has 0 aliphatic rings. The van der Waals surface area contributed by atoms with Crippen molar-refractivity contribution in [1.29, 1.82) is 0 Å². The lowest BCUT2D eigenvalue weighted by Crippen LogP contribution is -2.00. The molecule has 0 heterocycles. The van der Waals surface area contributed by atoms with E-state index >= 15 is 0 Å². The van der Waals surface area contributed by atoms with Crippen molar-refractivity contribution in [2.75, 3.05) is 50.6 Å². The molecule has 0 aromatic heterocycles. The summed E-state index contributed by atoms with van der Waals surface area (Å²) in [4.78, 5) is 11.5. The topological polar surface area (TPSA) is 54.4 Å². The number of rotatable bonds is 16. The Morgan fingerprint density at radius 3 is 2.36 bits per heavy atom. The number of aliphatic hydroxyl groups excluding tert-OH is 1. The molecule has 0 saturated heterocycles. The SMILES string of the molecule is CCS(=O)CCCSCSCSCCC(=O)SCSCCO. The normalized spacial score (nSPS) is 12.5. The van der Waals surface area contributed by atoms with Gasteiger partial charge in [-0.3, -0.25) is 9.00 Å². The highest BCUT2D eigenvalue weighted by Crippen LogP contribution is 2.20. The Labute approximate surface area is 158 Å². The van der Waals surface area contributed by atoms with Gasteiger partial charge in [0.1, 0.15) is 0 Å². The van der Waals surface area contributed by atoms with E-state index in [0.717, 1.165) is 44.7 Å². The quantitative estimate of drug-likeness (QED) is 0.299. The highest BCUT2D eigenvalue weighted by Gasteiger charge is 2.02. The molecule has 0 bridgehead atoms. The van der Waals surface area contributed by atoms with E-state index in [4.69, 9.17) is 5.11 Å². The van der Waals surface area contributed by atoms with Gasteiger partial charge in [0.2, 0.25) is 0 Å². The van der Waals surface area contributed by atoms with Crippen LogP contribution in [0.15, 0.2) is 0 Å². The predicted molar refractivity (Wildman–Crippen MR) is 112 cm³/mol. The molecule has 1 N–H and O–H groups in total. The van der Waals surface area contributed by atoms with Gasteiger partial charge >= 0.3 is 0 Å². The summed E-state index contributed by atoms with van der Waals surface area (Å²) in [6, 6.07) is 0. The molecule has 0 fully saturated rings. The predicted octanol–water partition coefficient (Wildman–Crippen LogP) is 3.59. The summed E-state index contributed by atoms with van der Waals surface area (Å²) in [6.45, 7) is 2.15. The van der Waals surface area contributed by atoms with E-state index in [9.17, 15) is 9.00 Å². The van der Waals surface area contributed by atoms with E-state index in [0.29, 0.717) is 12.2 Å². The lowest BCUT2D eigenvalue weighted by Gasteiger charge is -2.03. The average Bonchev–Trinajstić information content (AvgIpc) is 2.53. The van der Waals surface area contributed by atoms with Crippen LogP contribution in [0.2, 0.25) is 0 Å². The van der Waals surface area contributed by atoms with Crippen LogP contribution in [-0.4, -0.2) is 65.1 Å². The number of carbonyl (C=O) groups is 1. The number of hydrogen-bond acceptors (Lipinski definition) is 8. The van der Waals surface area contributed by atoms with Crippen LogP contribution in [0.5, 0.6) is 0 Å². The van der Waals surface area contributed by atoms with Crippen molar-refractivity contribution in [2.24, 2.45) is 0 Å². The van der Waals surface area contributed by atoms with Crippen molar-refractivity contribution >= 4 is 74.7 Å². The van der Waals surface area contributed by atoms with Crippen LogP contribution in [0.25, 0.3) is 0 Å². The van der Waals surface area contributed by atoms with Gasteiger partial charge in [-0.2, -0.15) is 23.5 Å². The zero-order valence-electron chi connectivity index (χ0n) is 13.0. The van der Waals surface area contributed by atoms with Crippen molar-refractivity contribution in [3.8, 4) is 0 Å². The maximum Gasteiger partial charge on any atom is 0.190 e. The van der Waals surface area contributed by atoms with Crippen molar-refractivity contribution in [3.05, 3.63) is 0 Å². The number of hydrogen-bond donors (Lipinski definition) is 1. The van der Waals surface area contributed by atoms with Crippen LogP contribution in [0, 0.1) is 0 Å². The summed E-state index contributed by atoms with van der Waals surface area (Å²) >= 11 is 8.58. The van der Waals surface area contributed by atoms with Crippen LogP contribution in [0.4, 0.5) is 0 Å². The smallest absolute Gasteiger partial charge is 0.190 e. The molecule has 3 nitrogen and oxygen atoms in total. The molecule has 0 aromatic rings. The van der Waals surface area contributed by atoms with Gasteiger partial charge in [0.25, 0.3) is 0 Å². The Kier molecular flexibility index (Phi) is 20.2. The molecule has 0 amide bonds. The van der Waals surface area contributed by atoms with Gasteiger partial charge in [0.15, 0.2) is 5.12 Å². The fourth-order valence-electron chi connectivity index (χ4n) is 1.19. The molecule has 22 heavy (non-hydrogen) atoms. The van der Waals surface area contributed by atoms with Crippen molar-refractivity contribution in [3.63, 3.8) is 0 Å². The van der Waals surface area contributed by atoms with E-state index in [1.807, 2.05) is 42.2 Å². The Morgan fingerprint density at radius 2 is 1.68 bits per heavy atom. The fourth-order valence-corrected chi connectivity index (χ4v) is 7.42. The molecule has 0 radical (unpaired) electrons. The van der Waals surface area contributed by atoms with Gasteiger partial charge < -0.3 is 5.11 Å². The highest BCUT2D eigenvalue weighted by atomic mass is 32.2. The monoisotopic (exact) mass is 422 g/mol. The molecule has 0 rings (SSSR count). The van der Waals surface area contributed by atoms with E-state index in [2.05, 4.69) is 0 Å². The van der Waals surface area contributed by atoms with Crippen LogP contribution >= 0.6 is 58.8 Å². The third kappa shape index (κ3) is 17.9. The first-order valence-corrected chi connectivity index (χ1v) is 14.2. The molecule has 0 aliphatic carbocycles. The lowest BCUT2D eigenvalue weighted by atomic mass is 10.5. The Hall–Kier alpha value is 1.53. The van der Waals surface area contributed by atoms with E-state index in [1.165, 1.54) is 11.8 Å². The third-order valence-corrected chi connectivity index (χ3v) is 9.57. The molecule has 0 aromatic carbocycles. The molecule has 1 unspecified atom stereocenters. The summed E-state index contributed by atoms with van der Waals surface area (Å²) < 4.78 is 11.2. The van der Waals surface area contributed by atoms with Crippen molar-refractivity contribution in [2.45, 2.75) is 19.8 Å². The second-order valence-electron chi connectivity index (χ2n) is 4.06. The first kappa shape index (κ1) is 23.5. The van der Waals surface area contributed by atoms with E-state index < -0.39 is 10.8 Å². The van der Waals surface area contributed by atoms with Gasteiger partial charge in [-0.1, -0.05) is 18.7 Å². The minimum atomic E-state index is -0.619. The minimum absolute atomic E-state index is 0.182. The standard InChI is InChI=1S/C13H26O3S6/c1-2-22(16)9-3-6-17-10-20-11-18-7-4-13(15)21-12-19-8-5-14/h14H,2-12H2,1H3. The van der Waals surface area contributed by atoms with Crippen LogP contribution in [0.3, 0.4) is 0 Å². The van der Waals surface area contributed by atoms with Gasteiger partial charge in [0, 0.05) is 55.5 Å². The maximum absolute atomic E-state index is 11.5. The van der Waals surface area contributed by atoms with Gasteiger partial charge in [0.05, 0.1) is 6.61 Å². The Bertz CT molecular complexity index is 291. The molecule has 9 heteroatoms. The highest BCUT2D eigenvalue weighted by molar-refractivity contribution is 8.24. The summed E-state index contributed by atoms with van der Waals surface area (Å²) in [6.07, 6.45) is 1.67. The zero-order valence-corrected chi connectivity index (χ0v) is 17.9. The minimum Gasteiger partial charge on any atom is -0.396 e. The summed E-state index contributed by atoms with van der Waals surface area (Å²) in [5.41, 5.74) is 0. The van der Waals surface area contributed by atoms with Crippen LogP contribution < -0.4 is 0 Å². The Morgan fingerprint density at radius 1 is 1.00 bits per heavy atom. The van der Waals surface area contributed by atoms with E-state index in [-0.39, 0.29) is 11.7 Å². The number of thioether (sulfide) groups is 5. The summed E-state index contributed by atoms with van der Waals surface area (Å²) in [5.74, 6) is 4.29. The zero-order chi connectivity index (χ0) is 16.5. The van der Waals surface area contributed by atoms with Crippen molar-refractivity contribution in [1.82, 2.24) is 0 Å². The second-order valence-corrected chi connectivity index (χ2v) is 12.4. The number of aliphatic hydroxyl groups is 1. The van der Waals surface area contributed by atoms with Crippen LogP contribution in [0.1, 0.15) is 19.8 Å². The number of carbonyl (C=O) groups excluding carboxylic acids is 1. The lowest BCUT2D eigenvalue weighted by molar-refractivity contribution is -0.110. The molecule has 1 atom stereocenters. The van der Waals surface area contributed by atoms with Crippen LogP contribution in [-0.2, 0) is 15.6 Å². The third-order valence-electron chi connectivity index (χ3n) is 2.31. The van der Waals surface area contributed by atoms with Gasteiger partial charge in [-0.05, 0) is 12.2 Å². The van der Waals surface area contributed by atoms with Gasteiger partial charge in [-0.15, -0.1) is 23.5 Å². The molecule has 0 aliphatic heterocycles. The molecular formula is C13H26O3S6. The molecule has 0 spiro atoms.